The van der Waals surface area contributed by atoms with Crippen molar-refractivity contribution in [1.29, 1.82) is 0 Å². The van der Waals surface area contributed by atoms with Gasteiger partial charge in [0, 0.05) is 79.4 Å². The van der Waals surface area contributed by atoms with Gasteiger partial charge in [-0.25, -0.2) is 4.98 Å². The standard InChI is InChI=1S/C35H30F3N7O2/c1-3-22-14-24(20-47-25-4-8-39-9-5-25)32-29(15-22)31(6-10-41-32)45-12-7-26-27(30-19-43(2)42-33(30)35(36,37)38)16-23(17-28(26)34(45)46)18-44-13-11-40-21-44/h4-6,8-11,13-17,19,21H,3,7,12,18,20H2,1-2H3. The lowest BCUT2D eigenvalue weighted by Gasteiger charge is -2.31. The van der Waals surface area contributed by atoms with Crippen molar-refractivity contribution < 1.29 is 22.7 Å². The molecule has 0 saturated heterocycles. The van der Waals surface area contributed by atoms with E-state index in [-0.39, 0.29) is 24.6 Å². The maximum absolute atomic E-state index is 14.4. The highest BCUT2D eigenvalue weighted by molar-refractivity contribution is 6.13. The lowest BCUT2D eigenvalue weighted by atomic mass is 9.87. The molecule has 0 N–H and O–H groups in total. The van der Waals surface area contributed by atoms with Crippen LogP contribution in [-0.4, -0.2) is 41.8 Å². The minimum absolute atomic E-state index is 0.0502. The first-order valence-corrected chi connectivity index (χ1v) is 15.2. The molecule has 4 aromatic heterocycles. The van der Waals surface area contributed by atoms with Gasteiger partial charge < -0.3 is 14.2 Å². The lowest BCUT2D eigenvalue weighted by Crippen LogP contribution is -2.38. The normalized spacial score (nSPS) is 13.3. The molecule has 2 aromatic carbocycles. The zero-order valence-corrected chi connectivity index (χ0v) is 25.7. The van der Waals surface area contributed by atoms with Crippen LogP contribution in [0.2, 0.25) is 0 Å². The van der Waals surface area contributed by atoms with Crippen molar-refractivity contribution in [2.75, 3.05) is 11.4 Å². The number of hydrogen-bond acceptors (Lipinski definition) is 6. The minimum atomic E-state index is -4.67. The SMILES string of the molecule is CCc1cc(COc2ccncc2)c2nccc(N3CCc4c(cc(Cn5ccnc5)cc4-c4cn(C)nc4C(F)(F)F)C3=O)c2c1. The molecular formula is C35H30F3N7O2. The van der Waals surface area contributed by atoms with Crippen LogP contribution in [0, 0.1) is 0 Å². The number of ether oxygens (including phenoxy) is 1. The van der Waals surface area contributed by atoms with Crippen LogP contribution in [0.1, 0.15) is 45.2 Å². The van der Waals surface area contributed by atoms with Gasteiger partial charge in [0.25, 0.3) is 5.91 Å². The van der Waals surface area contributed by atoms with E-state index in [1.165, 1.54) is 13.2 Å². The third-order valence-electron chi connectivity index (χ3n) is 8.39. The molecule has 0 spiro atoms. The Morgan fingerprint density at radius 2 is 1.74 bits per heavy atom. The predicted octanol–water partition coefficient (Wildman–Crippen LogP) is 6.64. The fourth-order valence-corrected chi connectivity index (χ4v) is 6.24. The summed E-state index contributed by atoms with van der Waals surface area (Å²) in [4.78, 5) is 29.0. The quantitative estimate of drug-likeness (QED) is 0.186. The molecule has 12 heteroatoms. The van der Waals surface area contributed by atoms with Crippen molar-refractivity contribution in [1.82, 2.24) is 29.3 Å². The summed E-state index contributed by atoms with van der Waals surface area (Å²) in [6.45, 7) is 2.94. The molecule has 1 amide bonds. The molecule has 0 unspecified atom stereocenters. The van der Waals surface area contributed by atoms with Crippen molar-refractivity contribution in [2.24, 2.45) is 7.05 Å². The van der Waals surface area contributed by atoms with E-state index in [9.17, 15) is 18.0 Å². The van der Waals surface area contributed by atoms with Crippen LogP contribution < -0.4 is 9.64 Å². The van der Waals surface area contributed by atoms with E-state index in [2.05, 4.69) is 33.0 Å². The first-order valence-electron chi connectivity index (χ1n) is 15.2. The number of aryl methyl sites for hydroxylation is 2. The molecule has 1 aliphatic rings. The first-order chi connectivity index (χ1) is 22.7. The number of alkyl halides is 3. The summed E-state index contributed by atoms with van der Waals surface area (Å²) in [7, 11) is 1.46. The Bertz CT molecular complexity index is 2090. The fraction of sp³-hybridized carbons (Fsp3) is 0.229. The number of carbonyl (C=O) groups is 1. The Hall–Kier alpha value is -5.52. The lowest BCUT2D eigenvalue weighted by molar-refractivity contribution is -0.140. The number of halogens is 3. The Morgan fingerprint density at radius 1 is 0.936 bits per heavy atom. The van der Waals surface area contributed by atoms with Crippen molar-refractivity contribution in [2.45, 2.75) is 39.1 Å². The number of hydrogen-bond donors (Lipinski definition) is 0. The number of rotatable bonds is 8. The van der Waals surface area contributed by atoms with Gasteiger partial charge in [0.1, 0.15) is 12.4 Å². The second-order valence-corrected chi connectivity index (χ2v) is 11.5. The van der Waals surface area contributed by atoms with E-state index in [1.807, 2.05) is 16.7 Å². The van der Waals surface area contributed by atoms with E-state index in [0.29, 0.717) is 52.2 Å². The Kier molecular flexibility index (Phi) is 7.70. The van der Waals surface area contributed by atoms with Crippen LogP contribution >= 0.6 is 0 Å². The highest BCUT2D eigenvalue weighted by Gasteiger charge is 2.39. The molecule has 0 bridgehead atoms. The Morgan fingerprint density at radius 3 is 2.49 bits per heavy atom. The van der Waals surface area contributed by atoms with Crippen molar-refractivity contribution in [3.63, 3.8) is 0 Å². The summed E-state index contributed by atoms with van der Waals surface area (Å²) in [6.07, 6.45) is 7.84. The average molecular weight is 638 g/mol. The second kappa shape index (κ2) is 12.0. The summed E-state index contributed by atoms with van der Waals surface area (Å²) in [6, 6.07) is 13.0. The molecule has 0 radical (unpaired) electrons. The highest BCUT2D eigenvalue weighted by atomic mass is 19.4. The number of benzene rings is 2. The average Bonchev–Trinajstić information content (AvgIpc) is 3.73. The predicted molar refractivity (Wildman–Crippen MR) is 170 cm³/mol. The Labute approximate surface area is 268 Å². The van der Waals surface area contributed by atoms with E-state index in [4.69, 9.17) is 4.74 Å². The number of anilines is 1. The zero-order valence-electron chi connectivity index (χ0n) is 25.7. The van der Waals surface area contributed by atoms with Crippen molar-refractivity contribution in [3.8, 4) is 16.9 Å². The van der Waals surface area contributed by atoms with Gasteiger partial charge in [-0.3, -0.25) is 19.4 Å². The molecule has 0 aliphatic carbocycles. The van der Waals surface area contributed by atoms with Crippen molar-refractivity contribution >= 4 is 22.5 Å². The van der Waals surface area contributed by atoms with E-state index in [0.717, 1.165) is 27.6 Å². The van der Waals surface area contributed by atoms with Crippen LogP contribution in [0.15, 0.2) is 86.0 Å². The summed E-state index contributed by atoms with van der Waals surface area (Å²) in [5, 5.41) is 4.55. The highest BCUT2D eigenvalue weighted by Crippen LogP contribution is 2.41. The van der Waals surface area contributed by atoms with Gasteiger partial charge in [-0.05, 0) is 71.5 Å². The molecule has 7 rings (SSSR count). The fourth-order valence-electron chi connectivity index (χ4n) is 6.24. The number of pyridine rings is 2. The molecule has 0 atom stereocenters. The van der Waals surface area contributed by atoms with Gasteiger partial charge in [-0.15, -0.1) is 0 Å². The molecular weight excluding hydrogens is 607 g/mol. The van der Waals surface area contributed by atoms with Crippen LogP contribution in [-0.2, 0) is 39.2 Å². The van der Waals surface area contributed by atoms with Crippen LogP contribution in [0.5, 0.6) is 5.75 Å². The van der Waals surface area contributed by atoms with E-state index in [1.54, 1.807) is 66.5 Å². The van der Waals surface area contributed by atoms with Gasteiger partial charge in [0.2, 0.25) is 0 Å². The molecule has 47 heavy (non-hydrogen) atoms. The number of aromatic nitrogens is 6. The van der Waals surface area contributed by atoms with Crippen LogP contribution in [0.25, 0.3) is 22.0 Å². The van der Waals surface area contributed by atoms with Gasteiger partial charge in [0.05, 0.1) is 17.5 Å². The van der Waals surface area contributed by atoms with E-state index >= 15 is 0 Å². The summed E-state index contributed by atoms with van der Waals surface area (Å²) in [5.41, 5.74) is 4.27. The zero-order chi connectivity index (χ0) is 32.7. The number of amides is 1. The third-order valence-corrected chi connectivity index (χ3v) is 8.39. The monoisotopic (exact) mass is 637 g/mol. The summed E-state index contributed by atoms with van der Waals surface area (Å²) >= 11 is 0. The molecule has 1 aliphatic heterocycles. The number of fused-ring (bicyclic) bond motifs is 2. The number of imidazole rings is 1. The smallest absolute Gasteiger partial charge is 0.435 e. The molecule has 6 aromatic rings. The second-order valence-electron chi connectivity index (χ2n) is 11.5. The van der Waals surface area contributed by atoms with Crippen LogP contribution in [0.3, 0.4) is 0 Å². The molecule has 0 saturated carbocycles. The largest absolute Gasteiger partial charge is 0.489 e. The van der Waals surface area contributed by atoms with E-state index < -0.39 is 11.9 Å². The molecule has 5 heterocycles. The topological polar surface area (TPSA) is 91.0 Å². The minimum Gasteiger partial charge on any atom is -0.489 e. The number of nitrogens with zero attached hydrogens (tertiary/aromatic N) is 7. The molecule has 0 fully saturated rings. The van der Waals surface area contributed by atoms with Gasteiger partial charge >= 0.3 is 6.18 Å². The Balaban J connectivity index is 1.33. The third kappa shape index (κ3) is 5.82. The van der Waals surface area contributed by atoms with Gasteiger partial charge in [-0.1, -0.05) is 13.0 Å². The maximum Gasteiger partial charge on any atom is 0.435 e. The van der Waals surface area contributed by atoms with Crippen molar-refractivity contribution in [3.05, 3.63) is 119 Å². The van der Waals surface area contributed by atoms with Crippen LogP contribution in [0.4, 0.5) is 18.9 Å². The van der Waals surface area contributed by atoms with Gasteiger partial charge in [-0.2, -0.15) is 18.3 Å². The summed E-state index contributed by atoms with van der Waals surface area (Å²) in [5.74, 6) is 0.389. The summed E-state index contributed by atoms with van der Waals surface area (Å²) < 4.78 is 51.5. The molecule has 9 nitrogen and oxygen atoms in total. The van der Waals surface area contributed by atoms with Gasteiger partial charge in [0.15, 0.2) is 5.69 Å². The maximum atomic E-state index is 14.4. The molecule has 238 valence electrons. The number of carbonyl (C=O) groups excluding carboxylic acids is 1. The first kappa shape index (κ1) is 30.2.